The Balaban J connectivity index is 1.65. The van der Waals surface area contributed by atoms with Crippen LogP contribution in [0.15, 0.2) is 53.8 Å². The second kappa shape index (κ2) is 7.60. The minimum atomic E-state index is -4.08. The molecule has 2 heterocycles. The zero-order valence-corrected chi connectivity index (χ0v) is 17.5. The maximum atomic E-state index is 15.2. The highest BCUT2D eigenvalue weighted by atomic mass is 32.2. The number of pyridine rings is 1. The molecule has 0 atom stereocenters. The Morgan fingerprint density at radius 2 is 2.00 bits per heavy atom. The van der Waals surface area contributed by atoms with Crippen LogP contribution in [0.3, 0.4) is 0 Å². The normalized spacial score (nSPS) is 16.3. The van der Waals surface area contributed by atoms with E-state index in [0.717, 1.165) is 29.7 Å². The van der Waals surface area contributed by atoms with Crippen LogP contribution in [0.5, 0.6) is 5.75 Å². The van der Waals surface area contributed by atoms with Gasteiger partial charge in [0.15, 0.2) is 6.29 Å². The molecule has 0 N–H and O–H groups in total. The topological polar surface area (TPSA) is 78.3 Å². The zero-order valence-electron chi connectivity index (χ0n) is 16.7. The molecule has 2 aliphatic rings. The van der Waals surface area contributed by atoms with Crippen molar-refractivity contribution in [1.82, 2.24) is 8.96 Å². The fourth-order valence-corrected chi connectivity index (χ4v) is 5.11. The molecular formula is C23H21FN2O4S. The summed E-state index contributed by atoms with van der Waals surface area (Å²) < 4.78 is 48.7. The number of carbonyl (C=O) groups excluding carboxylic acids is 1. The highest BCUT2D eigenvalue weighted by Gasteiger charge is 2.35. The Hall–Kier alpha value is -3.00. The number of rotatable bonds is 8. The molecule has 0 saturated heterocycles. The molecule has 31 heavy (non-hydrogen) atoms. The third-order valence-corrected chi connectivity index (χ3v) is 7.37. The van der Waals surface area contributed by atoms with E-state index >= 15 is 4.39 Å². The molecule has 2 saturated carbocycles. The lowest BCUT2D eigenvalue weighted by Crippen LogP contribution is -2.14. The van der Waals surface area contributed by atoms with Crippen molar-refractivity contribution in [2.75, 3.05) is 6.61 Å². The molecule has 8 heteroatoms. The van der Waals surface area contributed by atoms with E-state index in [1.807, 2.05) is 0 Å². The van der Waals surface area contributed by atoms with Crippen molar-refractivity contribution >= 4 is 16.3 Å². The lowest BCUT2D eigenvalue weighted by Gasteiger charge is -2.14. The number of halogens is 1. The van der Waals surface area contributed by atoms with E-state index in [-0.39, 0.29) is 27.6 Å². The van der Waals surface area contributed by atoms with Crippen LogP contribution in [-0.2, 0) is 10.0 Å². The molecule has 5 rings (SSSR count). The summed E-state index contributed by atoms with van der Waals surface area (Å²) in [5, 5.41) is 0. The smallest absolute Gasteiger partial charge is 0.269 e. The molecule has 2 aromatic heterocycles. The van der Waals surface area contributed by atoms with E-state index in [1.165, 1.54) is 42.9 Å². The van der Waals surface area contributed by atoms with Crippen molar-refractivity contribution < 1.29 is 22.3 Å². The number of hydrogen-bond acceptors (Lipinski definition) is 5. The van der Waals surface area contributed by atoms with Gasteiger partial charge in [-0.2, -0.15) is 0 Å². The summed E-state index contributed by atoms with van der Waals surface area (Å²) in [4.78, 5) is 15.6. The average Bonchev–Trinajstić information content (AvgIpc) is 3.71. The van der Waals surface area contributed by atoms with Gasteiger partial charge in [0.2, 0.25) is 0 Å². The van der Waals surface area contributed by atoms with Crippen LogP contribution in [0.4, 0.5) is 4.39 Å². The predicted molar refractivity (Wildman–Crippen MR) is 112 cm³/mol. The molecule has 0 amide bonds. The van der Waals surface area contributed by atoms with Crippen molar-refractivity contribution in [3.05, 3.63) is 65.9 Å². The van der Waals surface area contributed by atoms with E-state index in [0.29, 0.717) is 30.1 Å². The first kappa shape index (κ1) is 19.9. The molecule has 2 fully saturated rings. The maximum Gasteiger partial charge on any atom is 0.269 e. The van der Waals surface area contributed by atoms with Crippen LogP contribution >= 0.6 is 0 Å². The summed E-state index contributed by atoms with van der Waals surface area (Å²) in [5.74, 6) is 0.380. The number of aromatic nitrogens is 2. The predicted octanol–water partition coefficient (Wildman–Crippen LogP) is 4.40. The van der Waals surface area contributed by atoms with Gasteiger partial charge in [0, 0.05) is 35.8 Å². The first-order valence-electron chi connectivity index (χ1n) is 10.3. The molecule has 160 valence electrons. The number of hydrogen-bond donors (Lipinski definition) is 0. The summed E-state index contributed by atoms with van der Waals surface area (Å²) >= 11 is 0. The number of nitrogens with zero attached hydrogens (tertiary/aromatic N) is 2. The minimum absolute atomic E-state index is 0.0316. The number of carbonyl (C=O) groups is 1. The standard InChI is InChI=1S/C23H21FN2O4S/c24-21-10-18(30-14-15-3-4-15)7-8-20(21)23-22(16-5-6-16)17(13-27)12-26(23)31(28,29)19-2-1-9-25-11-19/h1-2,7-13,15-16H,3-6,14H2. The van der Waals surface area contributed by atoms with Gasteiger partial charge in [-0.05, 0) is 67.3 Å². The van der Waals surface area contributed by atoms with Gasteiger partial charge in [0.1, 0.15) is 16.5 Å². The van der Waals surface area contributed by atoms with Gasteiger partial charge in [-0.15, -0.1) is 0 Å². The van der Waals surface area contributed by atoms with Crippen LogP contribution in [0.1, 0.15) is 47.5 Å². The van der Waals surface area contributed by atoms with Gasteiger partial charge in [0.05, 0.1) is 12.3 Å². The largest absolute Gasteiger partial charge is 0.493 e. The monoisotopic (exact) mass is 440 g/mol. The van der Waals surface area contributed by atoms with Gasteiger partial charge in [-0.1, -0.05) is 0 Å². The molecule has 0 bridgehead atoms. The van der Waals surface area contributed by atoms with Gasteiger partial charge < -0.3 is 4.74 Å². The Morgan fingerprint density at radius 3 is 2.61 bits per heavy atom. The van der Waals surface area contributed by atoms with Crippen molar-refractivity contribution in [2.24, 2.45) is 5.92 Å². The Labute approximate surface area is 179 Å². The quantitative estimate of drug-likeness (QED) is 0.485. The number of benzene rings is 1. The summed E-state index contributed by atoms with van der Waals surface area (Å²) in [5.41, 5.74) is 1.16. The van der Waals surface area contributed by atoms with Crippen molar-refractivity contribution in [3.8, 4) is 17.0 Å². The SMILES string of the molecule is O=Cc1cn(S(=O)(=O)c2cccnc2)c(-c2ccc(OCC3CC3)cc2F)c1C1CC1. The van der Waals surface area contributed by atoms with Gasteiger partial charge in [-0.25, -0.2) is 16.8 Å². The van der Waals surface area contributed by atoms with E-state index in [4.69, 9.17) is 4.74 Å². The second-order valence-corrected chi connectivity index (χ2v) is 9.94. The Morgan fingerprint density at radius 1 is 1.19 bits per heavy atom. The first-order chi connectivity index (χ1) is 15.0. The molecular weight excluding hydrogens is 419 g/mol. The highest BCUT2D eigenvalue weighted by Crippen LogP contribution is 2.48. The third kappa shape index (κ3) is 3.76. The van der Waals surface area contributed by atoms with E-state index in [2.05, 4.69) is 4.98 Å². The lowest BCUT2D eigenvalue weighted by molar-refractivity contribution is 0.112. The number of ether oxygens (including phenoxy) is 1. The second-order valence-electron chi connectivity index (χ2n) is 8.12. The van der Waals surface area contributed by atoms with E-state index < -0.39 is 15.8 Å². The van der Waals surface area contributed by atoms with Crippen LogP contribution in [0.2, 0.25) is 0 Å². The van der Waals surface area contributed by atoms with Crippen LogP contribution in [0, 0.1) is 11.7 Å². The summed E-state index contributed by atoms with van der Waals surface area (Å²) in [7, 11) is -4.08. The summed E-state index contributed by atoms with van der Waals surface area (Å²) in [6.45, 7) is 0.549. The molecule has 0 unspecified atom stereocenters. The molecule has 3 aromatic rings. The van der Waals surface area contributed by atoms with Crippen molar-refractivity contribution in [2.45, 2.75) is 36.5 Å². The molecule has 6 nitrogen and oxygen atoms in total. The molecule has 0 spiro atoms. The fourth-order valence-electron chi connectivity index (χ4n) is 3.75. The highest BCUT2D eigenvalue weighted by molar-refractivity contribution is 7.90. The van der Waals surface area contributed by atoms with E-state index in [1.54, 1.807) is 6.07 Å². The number of aldehydes is 1. The minimum Gasteiger partial charge on any atom is -0.493 e. The Bertz CT molecular complexity index is 1250. The summed E-state index contributed by atoms with van der Waals surface area (Å²) in [6.07, 6.45) is 8.54. The van der Waals surface area contributed by atoms with Gasteiger partial charge in [-0.3, -0.25) is 9.78 Å². The van der Waals surface area contributed by atoms with Crippen LogP contribution < -0.4 is 4.74 Å². The maximum absolute atomic E-state index is 15.2. The van der Waals surface area contributed by atoms with Crippen molar-refractivity contribution in [1.29, 1.82) is 0 Å². The Kier molecular flexibility index (Phi) is 4.89. The van der Waals surface area contributed by atoms with E-state index in [9.17, 15) is 13.2 Å². The average molecular weight is 440 g/mol. The van der Waals surface area contributed by atoms with Gasteiger partial charge in [0.25, 0.3) is 10.0 Å². The first-order valence-corrected chi connectivity index (χ1v) is 11.7. The van der Waals surface area contributed by atoms with Gasteiger partial charge >= 0.3 is 0 Å². The molecule has 2 aliphatic carbocycles. The van der Waals surface area contributed by atoms with Crippen LogP contribution in [-0.4, -0.2) is 30.3 Å². The zero-order chi connectivity index (χ0) is 21.6. The molecule has 0 radical (unpaired) electrons. The van der Waals surface area contributed by atoms with Crippen molar-refractivity contribution in [3.63, 3.8) is 0 Å². The molecule has 0 aliphatic heterocycles. The third-order valence-electron chi connectivity index (χ3n) is 5.72. The van der Waals surface area contributed by atoms with Crippen LogP contribution in [0.25, 0.3) is 11.3 Å². The fraction of sp³-hybridized carbons (Fsp3) is 0.304. The lowest BCUT2D eigenvalue weighted by atomic mass is 10.0. The summed E-state index contributed by atoms with van der Waals surface area (Å²) in [6, 6.07) is 7.40. The molecule has 1 aromatic carbocycles.